The summed E-state index contributed by atoms with van der Waals surface area (Å²) in [4.78, 5) is 23.7. The van der Waals surface area contributed by atoms with E-state index in [2.05, 4.69) is 5.32 Å². The number of carbonyl (C=O) groups is 2. The van der Waals surface area contributed by atoms with Crippen LogP contribution in [0.2, 0.25) is 0 Å². The molecular weight excluding hydrogens is 270 g/mol. The molecule has 0 aromatic heterocycles. The van der Waals surface area contributed by atoms with Crippen molar-refractivity contribution in [3.8, 4) is 11.5 Å². The zero-order valence-corrected chi connectivity index (χ0v) is 12.9. The number of rotatable bonds is 4. The molecule has 1 atom stereocenters. The lowest BCUT2D eigenvalue weighted by Gasteiger charge is -2.31. The van der Waals surface area contributed by atoms with Crippen molar-refractivity contribution >= 4 is 11.7 Å². The number of hydrogen-bond acceptors (Lipinski definition) is 4. The SMILES string of the molecule is CCNC(=O)C(C)Oc1ccc2c(c1)OC(C)(C)CC2=O. The number of Topliss-reactive ketones (excluding diaryl/α,β-unsaturated/α-hetero) is 1. The summed E-state index contributed by atoms with van der Waals surface area (Å²) < 4.78 is 11.4. The molecule has 5 heteroatoms. The first-order valence-electron chi connectivity index (χ1n) is 7.13. The lowest BCUT2D eigenvalue weighted by molar-refractivity contribution is -0.127. The minimum atomic E-state index is -0.602. The first-order valence-corrected chi connectivity index (χ1v) is 7.13. The fourth-order valence-corrected chi connectivity index (χ4v) is 2.28. The lowest BCUT2D eigenvalue weighted by Crippen LogP contribution is -2.37. The Bertz CT molecular complexity index is 565. The van der Waals surface area contributed by atoms with Gasteiger partial charge in [-0.25, -0.2) is 0 Å². The van der Waals surface area contributed by atoms with Crippen LogP contribution in [0.15, 0.2) is 18.2 Å². The van der Waals surface area contributed by atoms with Gasteiger partial charge in [-0.2, -0.15) is 0 Å². The van der Waals surface area contributed by atoms with E-state index in [1.807, 2.05) is 20.8 Å². The zero-order chi connectivity index (χ0) is 15.6. The quantitative estimate of drug-likeness (QED) is 0.924. The van der Waals surface area contributed by atoms with E-state index >= 15 is 0 Å². The fourth-order valence-electron chi connectivity index (χ4n) is 2.28. The molecular formula is C16H21NO4. The number of ether oxygens (including phenoxy) is 2. The molecule has 1 aliphatic heterocycles. The number of fused-ring (bicyclic) bond motifs is 1. The minimum absolute atomic E-state index is 0.0598. The van der Waals surface area contributed by atoms with E-state index in [9.17, 15) is 9.59 Å². The molecule has 1 aromatic carbocycles. The molecule has 1 amide bonds. The van der Waals surface area contributed by atoms with Crippen LogP contribution in [0.25, 0.3) is 0 Å². The van der Waals surface area contributed by atoms with Crippen molar-refractivity contribution in [3.63, 3.8) is 0 Å². The fraction of sp³-hybridized carbons (Fsp3) is 0.500. The maximum Gasteiger partial charge on any atom is 0.260 e. The van der Waals surface area contributed by atoms with Gasteiger partial charge in [0.05, 0.1) is 12.0 Å². The Kier molecular flexibility index (Phi) is 4.21. The van der Waals surface area contributed by atoms with Crippen LogP contribution in [0.4, 0.5) is 0 Å². The molecule has 1 N–H and O–H groups in total. The average molecular weight is 291 g/mol. The van der Waals surface area contributed by atoms with E-state index in [1.165, 1.54) is 0 Å². The van der Waals surface area contributed by atoms with Crippen LogP contribution < -0.4 is 14.8 Å². The third-order valence-corrected chi connectivity index (χ3v) is 3.26. The maximum atomic E-state index is 12.0. The number of benzene rings is 1. The second-order valence-corrected chi connectivity index (χ2v) is 5.77. The van der Waals surface area contributed by atoms with E-state index in [-0.39, 0.29) is 11.7 Å². The average Bonchev–Trinajstić information content (AvgIpc) is 2.37. The maximum absolute atomic E-state index is 12.0. The van der Waals surface area contributed by atoms with Crippen LogP contribution in [-0.4, -0.2) is 29.9 Å². The molecule has 0 saturated carbocycles. The molecule has 0 aliphatic carbocycles. The molecule has 1 unspecified atom stereocenters. The van der Waals surface area contributed by atoms with Gasteiger partial charge in [-0.05, 0) is 39.8 Å². The normalized spacial score (nSPS) is 17.4. The van der Waals surface area contributed by atoms with Gasteiger partial charge in [-0.3, -0.25) is 9.59 Å². The predicted octanol–water partition coefficient (Wildman–Crippen LogP) is 2.33. The molecule has 1 aliphatic rings. The number of carbonyl (C=O) groups excluding carboxylic acids is 2. The molecule has 1 aromatic rings. The zero-order valence-electron chi connectivity index (χ0n) is 12.9. The van der Waals surface area contributed by atoms with Crippen LogP contribution in [0.1, 0.15) is 44.5 Å². The topological polar surface area (TPSA) is 64.6 Å². The van der Waals surface area contributed by atoms with Crippen LogP contribution in [-0.2, 0) is 4.79 Å². The van der Waals surface area contributed by atoms with Crippen molar-refractivity contribution in [1.82, 2.24) is 5.32 Å². The largest absolute Gasteiger partial charge is 0.486 e. The Morgan fingerprint density at radius 1 is 1.48 bits per heavy atom. The van der Waals surface area contributed by atoms with E-state index in [0.29, 0.717) is 30.0 Å². The number of ketones is 1. The monoisotopic (exact) mass is 291 g/mol. The predicted molar refractivity (Wildman–Crippen MR) is 78.9 cm³/mol. The summed E-state index contributed by atoms with van der Waals surface area (Å²) in [5.74, 6) is 0.909. The van der Waals surface area contributed by atoms with Gasteiger partial charge in [0.15, 0.2) is 11.9 Å². The molecule has 0 spiro atoms. The summed E-state index contributed by atoms with van der Waals surface area (Å²) in [7, 11) is 0. The second kappa shape index (κ2) is 5.76. The summed E-state index contributed by atoms with van der Waals surface area (Å²) >= 11 is 0. The first kappa shape index (κ1) is 15.4. The summed E-state index contributed by atoms with van der Waals surface area (Å²) in [5.41, 5.74) is 0.0424. The summed E-state index contributed by atoms with van der Waals surface area (Å²) in [6.07, 6.45) is -0.245. The molecule has 0 bridgehead atoms. The van der Waals surface area contributed by atoms with Crippen molar-refractivity contribution in [2.45, 2.75) is 45.8 Å². The molecule has 1 heterocycles. The van der Waals surface area contributed by atoms with Crippen LogP contribution >= 0.6 is 0 Å². The molecule has 0 fully saturated rings. The summed E-state index contributed by atoms with van der Waals surface area (Å²) in [6, 6.07) is 5.05. The molecule has 2 rings (SSSR count). The molecule has 21 heavy (non-hydrogen) atoms. The van der Waals surface area contributed by atoms with Crippen LogP contribution in [0.5, 0.6) is 11.5 Å². The van der Waals surface area contributed by atoms with Crippen LogP contribution in [0.3, 0.4) is 0 Å². The van der Waals surface area contributed by atoms with Gasteiger partial charge in [0.2, 0.25) is 0 Å². The van der Waals surface area contributed by atoms with Crippen molar-refractivity contribution in [2.24, 2.45) is 0 Å². The highest BCUT2D eigenvalue weighted by Gasteiger charge is 2.32. The van der Waals surface area contributed by atoms with Gasteiger partial charge in [-0.15, -0.1) is 0 Å². The summed E-state index contributed by atoms with van der Waals surface area (Å²) in [5, 5.41) is 2.70. The molecule has 0 saturated heterocycles. The van der Waals surface area contributed by atoms with E-state index in [4.69, 9.17) is 9.47 Å². The molecule has 5 nitrogen and oxygen atoms in total. The number of hydrogen-bond donors (Lipinski definition) is 1. The van der Waals surface area contributed by atoms with E-state index in [1.54, 1.807) is 25.1 Å². The van der Waals surface area contributed by atoms with E-state index in [0.717, 1.165) is 0 Å². The lowest BCUT2D eigenvalue weighted by atomic mass is 9.93. The highest BCUT2D eigenvalue weighted by atomic mass is 16.5. The number of likely N-dealkylation sites (N-methyl/N-ethyl adjacent to an activating group) is 1. The van der Waals surface area contributed by atoms with Gasteiger partial charge in [0.25, 0.3) is 5.91 Å². The van der Waals surface area contributed by atoms with Gasteiger partial charge in [0, 0.05) is 12.6 Å². The van der Waals surface area contributed by atoms with Crippen molar-refractivity contribution in [2.75, 3.05) is 6.54 Å². The van der Waals surface area contributed by atoms with Gasteiger partial charge in [0.1, 0.15) is 17.1 Å². The van der Waals surface area contributed by atoms with Crippen LogP contribution in [0, 0.1) is 0 Å². The van der Waals surface area contributed by atoms with Gasteiger partial charge >= 0.3 is 0 Å². The Balaban J connectivity index is 2.18. The third-order valence-electron chi connectivity index (χ3n) is 3.26. The molecule has 114 valence electrons. The third kappa shape index (κ3) is 3.54. The highest BCUT2D eigenvalue weighted by molar-refractivity contribution is 6.00. The van der Waals surface area contributed by atoms with Crippen molar-refractivity contribution in [3.05, 3.63) is 23.8 Å². The van der Waals surface area contributed by atoms with E-state index < -0.39 is 11.7 Å². The standard InChI is InChI=1S/C16H21NO4/c1-5-17-15(19)10(2)20-11-6-7-12-13(18)9-16(3,4)21-14(12)8-11/h6-8,10H,5,9H2,1-4H3,(H,17,19). The first-order chi connectivity index (χ1) is 9.82. The Hall–Kier alpha value is -2.04. The Morgan fingerprint density at radius 3 is 2.86 bits per heavy atom. The summed E-state index contributed by atoms with van der Waals surface area (Å²) in [6.45, 7) is 7.84. The molecule has 0 radical (unpaired) electrons. The van der Waals surface area contributed by atoms with Gasteiger partial charge in [-0.1, -0.05) is 0 Å². The Morgan fingerprint density at radius 2 is 2.19 bits per heavy atom. The van der Waals surface area contributed by atoms with Crippen molar-refractivity contribution in [1.29, 1.82) is 0 Å². The second-order valence-electron chi connectivity index (χ2n) is 5.77. The minimum Gasteiger partial charge on any atom is -0.486 e. The number of amides is 1. The van der Waals surface area contributed by atoms with Gasteiger partial charge < -0.3 is 14.8 Å². The number of nitrogens with one attached hydrogen (secondary N) is 1. The Labute approximate surface area is 124 Å². The highest BCUT2D eigenvalue weighted by Crippen LogP contribution is 2.35. The smallest absolute Gasteiger partial charge is 0.260 e. The van der Waals surface area contributed by atoms with Crippen molar-refractivity contribution < 1.29 is 19.1 Å².